The fourth-order valence-corrected chi connectivity index (χ4v) is 2.44. The molecule has 0 aliphatic carbocycles. The van der Waals surface area contributed by atoms with Crippen LogP contribution in [0.3, 0.4) is 0 Å². The number of carbonyl (C=O) groups is 2. The summed E-state index contributed by atoms with van der Waals surface area (Å²) in [5.41, 5.74) is 0. The molecule has 0 radical (unpaired) electrons. The Morgan fingerprint density at radius 3 is 2.71 bits per heavy atom. The van der Waals surface area contributed by atoms with Crippen molar-refractivity contribution < 1.29 is 14.3 Å². The van der Waals surface area contributed by atoms with Crippen LogP contribution < -0.4 is 0 Å². The van der Waals surface area contributed by atoms with Gasteiger partial charge >= 0.3 is 5.97 Å². The number of hydrogen-bond donors (Lipinski definition) is 0. The second-order valence-corrected chi connectivity index (χ2v) is 4.72. The predicted molar refractivity (Wildman–Crippen MR) is 67.5 cm³/mol. The fraction of sp³-hybridized carbons (Fsp3) is 0.455. The SMILES string of the molecule is CCCN(CC(=O)OC)C(=O)c1sccc1Cl. The summed E-state index contributed by atoms with van der Waals surface area (Å²) in [6.07, 6.45) is 0.770. The Hall–Kier alpha value is -1.07. The first-order chi connectivity index (χ1) is 8.10. The quantitative estimate of drug-likeness (QED) is 0.776. The molecule has 0 saturated carbocycles. The van der Waals surface area contributed by atoms with E-state index < -0.39 is 5.97 Å². The molecule has 0 saturated heterocycles. The molecule has 6 heteroatoms. The highest BCUT2D eigenvalue weighted by Crippen LogP contribution is 2.23. The number of carbonyl (C=O) groups excluding carboxylic acids is 2. The Labute approximate surface area is 109 Å². The second kappa shape index (κ2) is 6.61. The number of esters is 1. The van der Waals surface area contributed by atoms with Gasteiger partial charge in [-0.3, -0.25) is 9.59 Å². The van der Waals surface area contributed by atoms with E-state index in [-0.39, 0.29) is 12.5 Å². The molecular weight excluding hydrogens is 262 g/mol. The number of nitrogens with zero attached hydrogens (tertiary/aromatic N) is 1. The Morgan fingerprint density at radius 2 is 2.24 bits per heavy atom. The van der Waals surface area contributed by atoms with Crippen LogP contribution >= 0.6 is 22.9 Å². The van der Waals surface area contributed by atoms with E-state index in [2.05, 4.69) is 4.74 Å². The summed E-state index contributed by atoms with van der Waals surface area (Å²) in [6.45, 7) is 2.40. The molecule has 1 aromatic heterocycles. The maximum Gasteiger partial charge on any atom is 0.325 e. The number of methoxy groups -OCH3 is 1. The predicted octanol–water partition coefficient (Wildman–Crippen LogP) is 2.43. The van der Waals surface area contributed by atoms with Crippen molar-refractivity contribution in [1.29, 1.82) is 0 Å². The molecule has 1 amide bonds. The van der Waals surface area contributed by atoms with Gasteiger partial charge in [0.25, 0.3) is 5.91 Å². The standard InChI is InChI=1S/C11H14ClNO3S/c1-3-5-13(7-9(14)16-2)11(15)10-8(12)4-6-17-10/h4,6H,3,5,7H2,1-2H3. The molecule has 0 aliphatic rings. The normalized spacial score (nSPS) is 10.1. The molecule has 0 bridgehead atoms. The zero-order valence-electron chi connectivity index (χ0n) is 9.73. The van der Waals surface area contributed by atoms with Crippen molar-refractivity contribution in [1.82, 2.24) is 4.90 Å². The molecule has 0 fully saturated rings. The topological polar surface area (TPSA) is 46.6 Å². The van der Waals surface area contributed by atoms with E-state index in [0.29, 0.717) is 16.4 Å². The lowest BCUT2D eigenvalue weighted by molar-refractivity contribution is -0.141. The first-order valence-electron chi connectivity index (χ1n) is 5.19. The zero-order chi connectivity index (χ0) is 12.8. The molecule has 0 unspecified atom stereocenters. The van der Waals surface area contributed by atoms with Gasteiger partial charge in [0.1, 0.15) is 11.4 Å². The van der Waals surface area contributed by atoms with Crippen molar-refractivity contribution >= 4 is 34.8 Å². The van der Waals surface area contributed by atoms with Gasteiger partial charge in [-0.05, 0) is 17.9 Å². The molecule has 1 aromatic rings. The Kier molecular flexibility index (Phi) is 5.44. The first kappa shape index (κ1) is 14.0. The molecule has 0 atom stereocenters. The minimum Gasteiger partial charge on any atom is -0.468 e. The number of rotatable bonds is 5. The van der Waals surface area contributed by atoms with Crippen molar-refractivity contribution in [2.75, 3.05) is 20.2 Å². The van der Waals surface area contributed by atoms with Gasteiger partial charge in [0.15, 0.2) is 0 Å². The molecule has 0 N–H and O–H groups in total. The average molecular weight is 276 g/mol. The molecule has 0 spiro atoms. The van der Waals surface area contributed by atoms with Crippen LogP contribution in [-0.2, 0) is 9.53 Å². The molecule has 1 heterocycles. The molecule has 0 aromatic carbocycles. The minimum absolute atomic E-state index is 0.0442. The highest BCUT2D eigenvalue weighted by molar-refractivity contribution is 7.12. The molecule has 0 aliphatic heterocycles. The summed E-state index contributed by atoms with van der Waals surface area (Å²) in [5, 5.41) is 2.17. The van der Waals surface area contributed by atoms with E-state index in [4.69, 9.17) is 11.6 Å². The first-order valence-corrected chi connectivity index (χ1v) is 6.45. The van der Waals surface area contributed by atoms with Crippen LogP contribution in [0, 0.1) is 0 Å². The fourth-order valence-electron chi connectivity index (χ4n) is 1.33. The number of hydrogen-bond acceptors (Lipinski definition) is 4. The minimum atomic E-state index is -0.431. The van der Waals surface area contributed by atoms with Crippen LogP contribution in [0.4, 0.5) is 0 Å². The second-order valence-electron chi connectivity index (χ2n) is 3.40. The lowest BCUT2D eigenvalue weighted by Gasteiger charge is -2.20. The van der Waals surface area contributed by atoms with Gasteiger partial charge in [-0.2, -0.15) is 0 Å². The molecule has 1 rings (SSSR count). The third-order valence-electron chi connectivity index (χ3n) is 2.14. The Balaban J connectivity index is 2.80. The molecular formula is C11H14ClNO3S. The number of thiophene rings is 1. The van der Waals surface area contributed by atoms with Gasteiger partial charge in [0.2, 0.25) is 0 Å². The van der Waals surface area contributed by atoms with E-state index in [0.717, 1.165) is 6.42 Å². The van der Waals surface area contributed by atoms with Crippen LogP contribution in [0.2, 0.25) is 5.02 Å². The summed E-state index contributed by atoms with van der Waals surface area (Å²) < 4.78 is 4.56. The third kappa shape index (κ3) is 3.71. The maximum atomic E-state index is 12.1. The van der Waals surface area contributed by atoms with Crippen molar-refractivity contribution in [2.24, 2.45) is 0 Å². The van der Waals surface area contributed by atoms with Crippen molar-refractivity contribution in [3.63, 3.8) is 0 Å². The van der Waals surface area contributed by atoms with E-state index in [9.17, 15) is 9.59 Å². The summed E-state index contributed by atoms with van der Waals surface area (Å²) in [6, 6.07) is 1.67. The smallest absolute Gasteiger partial charge is 0.325 e. The van der Waals surface area contributed by atoms with Crippen molar-refractivity contribution in [3.05, 3.63) is 21.3 Å². The lowest BCUT2D eigenvalue weighted by atomic mass is 10.3. The average Bonchev–Trinajstić information content (AvgIpc) is 2.73. The highest BCUT2D eigenvalue weighted by Gasteiger charge is 2.21. The van der Waals surface area contributed by atoms with Gasteiger partial charge in [-0.15, -0.1) is 11.3 Å². The number of amides is 1. The van der Waals surface area contributed by atoms with Crippen LogP contribution in [0.25, 0.3) is 0 Å². The number of halogens is 1. The number of ether oxygens (including phenoxy) is 1. The summed E-state index contributed by atoms with van der Waals surface area (Å²) in [5.74, 6) is -0.656. The van der Waals surface area contributed by atoms with Gasteiger partial charge in [-0.25, -0.2) is 0 Å². The highest BCUT2D eigenvalue weighted by atomic mass is 35.5. The van der Waals surface area contributed by atoms with Crippen molar-refractivity contribution in [3.8, 4) is 0 Å². The van der Waals surface area contributed by atoms with Gasteiger partial charge in [-0.1, -0.05) is 18.5 Å². The van der Waals surface area contributed by atoms with Crippen LogP contribution in [0.15, 0.2) is 11.4 Å². The largest absolute Gasteiger partial charge is 0.468 e. The van der Waals surface area contributed by atoms with E-state index in [1.165, 1.54) is 23.3 Å². The Bertz CT molecular complexity index is 405. The van der Waals surface area contributed by atoms with Gasteiger partial charge in [0, 0.05) is 6.54 Å². The maximum absolute atomic E-state index is 12.1. The van der Waals surface area contributed by atoms with Gasteiger partial charge in [0.05, 0.1) is 12.1 Å². The summed E-state index contributed by atoms with van der Waals surface area (Å²) >= 11 is 7.17. The van der Waals surface area contributed by atoms with E-state index in [1.807, 2.05) is 6.92 Å². The van der Waals surface area contributed by atoms with Crippen LogP contribution in [-0.4, -0.2) is 37.0 Å². The monoisotopic (exact) mass is 275 g/mol. The Morgan fingerprint density at radius 1 is 1.53 bits per heavy atom. The summed E-state index contributed by atoms with van der Waals surface area (Å²) in [7, 11) is 1.30. The summed E-state index contributed by atoms with van der Waals surface area (Å²) in [4.78, 5) is 25.2. The van der Waals surface area contributed by atoms with Crippen LogP contribution in [0.5, 0.6) is 0 Å². The molecule has 4 nitrogen and oxygen atoms in total. The van der Waals surface area contributed by atoms with Crippen LogP contribution in [0.1, 0.15) is 23.0 Å². The van der Waals surface area contributed by atoms with Gasteiger partial charge < -0.3 is 9.64 Å². The van der Waals surface area contributed by atoms with E-state index in [1.54, 1.807) is 11.4 Å². The third-order valence-corrected chi connectivity index (χ3v) is 3.47. The molecule has 94 valence electrons. The zero-order valence-corrected chi connectivity index (χ0v) is 11.3. The van der Waals surface area contributed by atoms with E-state index >= 15 is 0 Å². The lowest BCUT2D eigenvalue weighted by Crippen LogP contribution is -2.36. The van der Waals surface area contributed by atoms with Crippen molar-refractivity contribution in [2.45, 2.75) is 13.3 Å². The molecule has 17 heavy (non-hydrogen) atoms.